The Kier molecular flexibility index (Phi) is 3.33. The van der Waals surface area contributed by atoms with E-state index in [1.807, 2.05) is 18.2 Å². The fraction of sp³-hybridized carbons (Fsp3) is 0.217. The molecule has 0 fully saturated rings. The molecule has 2 aromatic carbocycles. The van der Waals surface area contributed by atoms with E-state index in [4.69, 9.17) is 4.98 Å². The number of aryl methyl sites for hydroxylation is 1. The van der Waals surface area contributed by atoms with Crippen LogP contribution < -0.4 is 0 Å². The monoisotopic (exact) mass is 337 g/mol. The fourth-order valence-corrected chi connectivity index (χ4v) is 4.51. The molecule has 0 amide bonds. The third-order valence-electron chi connectivity index (χ3n) is 5.80. The lowest BCUT2D eigenvalue weighted by molar-refractivity contribution is 0.579. The number of hydrogen-bond acceptors (Lipinski definition) is 2. The lowest BCUT2D eigenvalue weighted by Crippen LogP contribution is -2.18. The Hall–Kier alpha value is -3.12. The molecule has 0 aliphatic heterocycles. The first kappa shape index (κ1) is 15.2. The number of fused-ring (bicyclic) bond motifs is 4. The summed E-state index contributed by atoms with van der Waals surface area (Å²) in [4.78, 5) is 4.77. The van der Waals surface area contributed by atoms with E-state index in [1.54, 1.807) is 0 Å². The molecule has 5 rings (SSSR count). The van der Waals surface area contributed by atoms with Crippen LogP contribution in [0.4, 0.5) is 0 Å². The largest absolute Gasteiger partial charge is 0.296 e. The van der Waals surface area contributed by atoms with Crippen molar-refractivity contribution >= 4 is 16.7 Å². The summed E-state index contributed by atoms with van der Waals surface area (Å²) in [6.07, 6.45) is 3.02. The molecule has 26 heavy (non-hydrogen) atoms. The van der Waals surface area contributed by atoms with E-state index in [1.165, 1.54) is 22.4 Å². The predicted octanol–water partition coefficient (Wildman–Crippen LogP) is 4.94. The molecule has 2 aromatic heterocycles. The summed E-state index contributed by atoms with van der Waals surface area (Å²) in [5, 5.41) is 9.89. The Morgan fingerprint density at radius 3 is 2.62 bits per heavy atom. The van der Waals surface area contributed by atoms with E-state index in [0.29, 0.717) is 5.92 Å². The highest BCUT2D eigenvalue weighted by molar-refractivity contribution is 5.83. The van der Waals surface area contributed by atoms with Crippen LogP contribution in [-0.2, 0) is 12.8 Å². The molecule has 2 heterocycles. The van der Waals surface area contributed by atoms with Crippen molar-refractivity contribution in [3.63, 3.8) is 0 Å². The highest BCUT2D eigenvalue weighted by atomic mass is 15.0. The smallest absolute Gasteiger partial charge is 0.156 e. The van der Waals surface area contributed by atoms with Gasteiger partial charge in [-0.1, -0.05) is 42.5 Å². The van der Waals surface area contributed by atoms with Crippen LogP contribution in [0.15, 0.2) is 54.6 Å². The van der Waals surface area contributed by atoms with Crippen LogP contribution in [0.1, 0.15) is 40.3 Å². The summed E-state index contributed by atoms with van der Waals surface area (Å²) >= 11 is 0. The van der Waals surface area contributed by atoms with Crippen molar-refractivity contribution in [2.75, 3.05) is 0 Å². The second-order valence-electron chi connectivity index (χ2n) is 7.14. The van der Waals surface area contributed by atoms with E-state index >= 15 is 0 Å². The van der Waals surface area contributed by atoms with E-state index < -0.39 is 0 Å². The first-order chi connectivity index (χ1) is 12.8. The second kappa shape index (κ2) is 5.71. The summed E-state index contributed by atoms with van der Waals surface area (Å²) in [6.45, 7) is 2.18. The minimum absolute atomic E-state index is 0.515. The zero-order valence-corrected chi connectivity index (χ0v) is 14.7. The maximum atomic E-state index is 9.89. The van der Waals surface area contributed by atoms with Crippen LogP contribution in [0, 0.1) is 18.3 Å². The number of aromatic nitrogens is 2. The molecule has 0 bridgehead atoms. The molecule has 4 aromatic rings. The maximum Gasteiger partial charge on any atom is 0.156 e. The van der Waals surface area contributed by atoms with Gasteiger partial charge in [0.2, 0.25) is 0 Å². The molecule has 1 aliphatic carbocycles. The summed E-state index contributed by atoms with van der Waals surface area (Å²) in [5.41, 5.74) is 8.76. The molecule has 0 N–H and O–H groups in total. The molecule has 126 valence electrons. The van der Waals surface area contributed by atoms with Crippen molar-refractivity contribution in [2.24, 2.45) is 0 Å². The van der Waals surface area contributed by atoms with Crippen molar-refractivity contribution in [1.29, 1.82) is 5.26 Å². The molecule has 1 aliphatic rings. The van der Waals surface area contributed by atoms with Crippen molar-refractivity contribution in [3.8, 4) is 6.07 Å². The van der Waals surface area contributed by atoms with Crippen LogP contribution in [0.2, 0.25) is 0 Å². The number of nitriles is 1. The standard InChI is InChI=1S/C23H19N3/c1-15-19-13-17(16-7-3-2-4-8-16)11-12-18(19)20(14-24)23-25-21-9-5-6-10-22(21)26(15)23/h2-10,17H,11-13H2,1H3/t17-/m1/s1. The number of benzene rings is 2. The average Bonchev–Trinajstić information content (AvgIpc) is 3.08. The Balaban J connectivity index is 1.77. The topological polar surface area (TPSA) is 41.1 Å². The fourth-order valence-electron chi connectivity index (χ4n) is 4.51. The first-order valence-electron chi connectivity index (χ1n) is 9.14. The summed E-state index contributed by atoms with van der Waals surface area (Å²) < 4.78 is 2.18. The molecular weight excluding hydrogens is 318 g/mol. The van der Waals surface area contributed by atoms with Gasteiger partial charge in [0.05, 0.1) is 16.6 Å². The molecule has 0 radical (unpaired) electrons. The highest BCUT2D eigenvalue weighted by Gasteiger charge is 2.27. The second-order valence-corrected chi connectivity index (χ2v) is 7.14. The highest BCUT2D eigenvalue weighted by Crippen LogP contribution is 2.37. The summed E-state index contributed by atoms with van der Waals surface area (Å²) in [7, 11) is 0. The van der Waals surface area contributed by atoms with E-state index in [9.17, 15) is 5.26 Å². The molecule has 0 unspecified atom stereocenters. The van der Waals surface area contributed by atoms with Gasteiger partial charge in [0.25, 0.3) is 0 Å². The van der Waals surface area contributed by atoms with Gasteiger partial charge in [-0.05, 0) is 60.9 Å². The molecule has 3 nitrogen and oxygen atoms in total. The normalized spacial score (nSPS) is 16.5. The molecular formula is C23H19N3. The Morgan fingerprint density at radius 2 is 1.81 bits per heavy atom. The van der Waals surface area contributed by atoms with Crippen molar-refractivity contribution in [2.45, 2.75) is 32.1 Å². The Labute approximate surface area is 152 Å². The van der Waals surface area contributed by atoms with Gasteiger partial charge in [0.1, 0.15) is 6.07 Å². The van der Waals surface area contributed by atoms with Gasteiger partial charge in [-0.15, -0.1) is 0 Å². The molecule has 0 saturated heterocycles. The number of imidazole rings is 1. The molecule has 3 heteroatoms. The SMILES string of the molecule is Cc1c2c(c(C#N)c3nc4ccccc4n13)CC[C@@H](c1ccccc1)C2. The van der Waals surface area contributed by atoms with Crippen molar-refractivity contribution in [1.82, 2.24) is 9.38 Å². The minimum Gasteiger partial charge on any atom is -0.296 e. The van der Waals surface area contributed by atoms with Gasteiger partial charge in [0.15, 0.2) is 5.65 Å². The van der Waals surface area contributed by atoms with Gasteiger partial charge in [-0.25, -0.2) is 4.98 Å². The van der Waals surface area contributed by atoms with Gasteiger partial charge in [-0.2, -0.15) is 5.26 Å². The van der Waals surface area contributed by atoms with Crippen LogP contribution >= 0.6 is 0 Å². The third kappa shape index (κ3) is 2.09. The predicted molar refractivity (Wildman–Crippen MR) is 103 cm³/mol. The lowest BCUT2D eigenvalue weighted by atomic mass is 9.78. The lowest BCUT2D eigenvalue weighted by Gasteiger charge is -2.28. The zero-order chi connectivity index (χ0) is 17.7. The third-order valence-corrected chi connectivity index (χ3v) is 5.80. The number of nitrogens with zero attached hydrogens (tertiary/aromatic N) is 3. The molecule has 0 spiro atoms. The molecule has 1 atom stereocenters. The number of pyridine rings is 1. The number of para-hydroxylation sites is 2. The Bertz CT molecular complexity index is 1180. The van der Waals surface area contributed by atoms with Crippen LogP contribution in [0.5, 0.6) is 0 Å². The quantitative estimate of drug-likeness (QED) is 0.493. The van der Waals surface area contributed by atoms with Gasteiger partial charge >= 0.3 is 0 Å². The van der Waals surface area contributed by atoms with Gasteiger partial charge in [-0.3, -0.25) is 4.40 Å². The zero-order valence-electron chi connectivity index (χ0n) is 14.7. The van der Waals surface area contributed by atoms with Crippen molar-refractivity contribution < 1.29 is 0 Å². The maximum absolute atomic E-state index is 9.89. The van der Waals surface area contributed by atoms with Gasteiger partial charge in [0, 0.05) is 5.69 Å². The summed E-state index contributed by atoms with van der Waals surface area (Å²) in [5.74, 6) is 0.515. The Morgan fingerprint density at radius 1 is 1.04 bits per heavy atom. The number of rotatable bonds is 1. The average molecular weight is 337 g/mol. The van der Waals surface area contributed by atoms with Crippen molar-refractivity contribution in [3.05, 3.63) is 82.5 Å². The van der Waals surface area contributed by atoms with Crippen LogP contribution in [0.25, 0.3) is 16.7 Å². The first-order valence-corrected chi connectivity index (χ1v) is 9.14. The van der Waals surface area contributed by atoms with Crippen LogP contribution in [0.3, 0.4) is 0 Å². The minimum atomic E-state index is 0.515. The number of hydrogen-bond donors (Lipinski definition) is 0. The summed E-state index contributed by atoms with van der Waals surface area (Å²) in [6, 6.07) is 21.4. The van der Waals surface area contributed by atoms with E-state index in [0.717, 1.165) is 41.5 Å². The van der Waals surface area contributed by atoms with E-state index in [2.05, 4.69) is 53.8 Å². The van der Waals surface area contributed by atoms with Gasteiger partial charge < -0.3 is 0 Å². The van der Waals surface area contributed by atoms with E-state index in [-0.39, 0.29) is 0 Å². The molecule has 0 saturated carbocycles. The van der Waals surface area contributed by atoms with Crippen LogP contribution in [-0.4, -0.2) is 9.38 Å².